The Morgan fingerprint density at radius 3 is 2.18 bits per heavy atom. The van der Waals surface area contributed by atoms with Gasteiger partial charge in [0.25, 0.3) is 5.70 Å². The number of aliphatic carboxylic acids is 3. The fourth-order valence-electron chi connectivity index (χ4n) is 2.99. The monoisotopic (exact) mass is 484 g/mol. The van der Waals surface area contributed by atoms with Crippen molar-refractivity contribution < 1.29 is 67.3 Å². The second-order valence-corrected chi connectivity index (χ2v) is 7.48. The van der Waals surface area contributed by atoms with Crippen LogP contribution in [0, 0.1) is 0 Å². The van der Waals surface area contributed by atoms with Crippen LogP contribution in [0.3, 0.4) is 0 Å². The first-order chi connectivity index (χ1) is 15.2. The fourth-order valence-corrected chi connectivity index (χ4v) is 2.99. The number of phenolic OH excluding ortho intramolecular Hbond substituents is 2. The van der Waals surface area contributed by atoms with Crippen LogP contribution in [-0.2, 0) is 24.8 Å². The van der Waals surface area contributed by atoms with Gasteiger partial charge in [-0.25, -0.2) is 18.0 Å². The number of carboxylic acids is 3. The molecule has 0 fully saturated rings. The molecule has 14 nitrogen and oxygen atoms in total. The van der Waals surface area contributed by atoms with Gasteiger partial charge >= 0.3 is 11.9 Å². The van der Waals surface area contributed by atoms with Crippen molar-refractivity contribution in [3.8, 4) is 11.5 Å². The molecular weight excluding hydrogens is 468 g/mol. The van der Waals surface area contributed by atoms with Gasteiger partial charge in [0.2, 0.25) is 21.8 Å². The van der Waals surface area contributed by atoms with E-state index in [0.717, 1.165) is 5.32 Å². The Bertz CT molecular complexity index is 1250. The predicted molar refractivity (Wildman–Crippen MR) is 103 cm³/mol. The number of phenols is 2. The Balaban J connectivity index is 0.000000696. The van der Waals surface area contributed by atoms with Crippen LogP contribution in [0.15, 0.2) is 41.3 Å². The molecule has 1 aromatic carbocycles. The lowest BCUT2D eigenvalue weighted by atomic mass is 10.00. The third-order valence-electron chi connectivity index (χ3n) is 4.32. The molecule has 1 aromatic rings. The summed E-state index contributed by atoms with van der Waals surface area (Å²) >= 11 is 0. The number of aromatic hydroxyl groups is 2. The third-order valence-corrected chi connectivity index (χ3v) is 4.32. The van der Waals surface area contributed by atoms with Crippen molar-refractivity contribution in [2.75, 3.05) is 0 Å². The molecule has 33 heavy (non-hydrogen) atoms. The van der Waals surface area contributed by atoms with E-state index < -0.39 is 45.8 Å². The van der Waals surface area contributed by atoms with Gasteiger partial charge in [0.1, 0.15) is 6.04 Å². The van der Waals surface area contributed by atoms with Gasteiger partial charge in [-0.15, -0.1) is 0 Å². The second-order valence-electron chi connectivity index (χ2n) is 6.62. The molecule has 2 aliphatic rings. The van der Waals surface area contributed by atoms with Gasteiger partial charge in [0.15, 0.2) is 17.7 Å². The van der Waals surface area contributed by atoms with Crippen LogP contribution in [0.25, 0.3) is 6.08 Å². The van der Waals surface area contributed by atoms with Gasteiger partial charge in [-0.05, 0) is 11.6 Å². The highest BCUT2D eigenvalue weighted by atomic mass is 32.3. The number of hydrogen-bond acceptors (Lipinski definition) is 9. The number of benzene rings is 1. The molecule has 2 aliphatic heterocycles. The van der Waals surface area contributed by atoms with E-state index in [1.807, 2.05) is 0 Å². The van der Waals surface area contributed by atoms with E-state index >= 15 is 0 Å². The van der Waals surface area contributed by atoms with E-state index in [1.54, 1.807) is 0 Å². The Labute approximate surface area is 184 Å². The molecule has 1 atom stereocenters. The minimum Gasteiger partial charge on any atom is -0.726 e. The maximum absolute atomic E-state index is 11.5. The largest absolute Gasteiger partial charge is 0.726 e. The molecule has 0 radical (unpaired) electrons. The number of carbonyl (C=O) groups excluding carboxylic acids is 1. The zero-order valence-corrected chi connectivity index (χ0v) is 17.1. The molecular formula is C18H16N2O12S. The summed E-state index contributed by atoms with van der Waals surface area (Å²) < 4.78 is 34.1. The van der Waals surface area contributed by atoms with Crippen LogP contribution in [0.5, 0.6) is 11.5 Å². The molecule has 7 N–H and O–H groups in total. The molecule has 15 heteroatoms. The Kier molecular flexibility index (Phi) is 7.35. The van der Waals surface area contributed by atoms with Crippen molar-refractivity contribution in [1.29, 1.82) is 0 Å². The number of fused-ring (bicyclic) bond motifs is 1. The lowest BCUT2D eigenvalue weighted by molar-refractivity contribution is -0.636. The summed E-state index contributed by atoms with van der Waals surface area (Å²) in [5.41, 5.74) is 0.603. The van der Waals surface area contributed by atoms with E-state index in [-0.39, 0.29) is 23.5 Å². The van der Waals surface area contributed by atoms with Gasteiger partial charge in [-0.1, -0.05) is 0 Å². The lowest BCUT2D eigenvalue weighted by Crippen LogP contribution is -2.93. The number of nitrogens with zero attached hydrogens (tertiary/aromatic N) is 1. The van der Waals surface area contributed by atoms with E-state index in [4.69, 9.17) is 22.6 Å². The van der Waals surface area contributed by atoms with E-state index in [1.165, 1.54) is 41.2 Å². The smallest absolute Gasteiger partial charge is 0.401 e. The molecule has 3 rings (SSSR count). The van der Waals surface area contributed by atoms with Crippen LogP contribution >= 0.6 is 0 Å². The molecule has 0 saturated carbocycles. The van der Waals surface area contributed by atoms with Gasteiger partial charge in [0.05, 0.1) is 17.6 Å². The Morgan fingerprint density at radius 1 is 1.09 bits per heavy atom. The van der Waals surface area contributed by atoms with E-state index in [2.05, 4.69) is 0 Å². The minimum atomic E-state index is -4.92. The summed E-state index contributed by atoms with van der Waals surface area (Å²) in [7, 11) is -4.92. The minimum absolute atomic E-state index is 0.0245. The molecule has 0 saturated heterocycles. The van der Waals surface area contributed by atoms with Crippen LogP contribution in [0.4, 0.5) is 5.69 Å². The van der Waals surface area contributed by atoms with Crippen molar-refractivity contribution in [2.45, 2.75) is 12.5 Å². The Hall–Kier alpha value is -4.05. The molecule has 1 unspecified atom stereocenters. The fraction of sp³-hybridized carbons (Fsp3) is 0.111. The zero-order chi connectivity index (χ0) is 25.1. The lowest BCUT2D eigenvalue weighted by Gasteiger charge is -2.20. The third kappa shape index (κ3) is 6.71. The molecule has 176 valence electrons. The Morgan fingerprint density at radius 2 is 1.67 bits per heavy atom. The summed E-state index contributed by atoms with van der Waals surface area (Å²) in [4.78, 5) is 33.9. The van der Waals surface area contributed by atoms with Crippen molar-refractivity contribution in [2.24, 2.45) is 0 Å². The highest BCUT2D eigenvalue weighted by Crippen LogP contribution is 2.39. The van der Waals surface area contributed by atoms with Crippen LogP contribution in [0.2, 0.25) is 0 Å². The molecule has 0 aliphatic carbocycles. The molecule has 2 heterocycles. The highest BCUT2D eigenvalue weighted by Gasteiger charge is 2.34. The van der Waals surface area contributed by atoms with Crippen LogP contribution < -0.4 is 10.4 Å². The van der Waals surface area contributed by atoms with Gasteiger partial charge in [0, 0.05) is 24.6 Å². The standard InChI is InChI=1S/C18H14N2O8.H2O4S/c21-14-6-9-5-13(18(27)28)20(12(9)7-15(14)22)2-1-8-3-10(16(23)24)19-11(4-8)17(25)26;1-5(2,3)4/h1-3,5-7,11H,4H2,(H5,21,22,23,24,25,26,27,28);(H2,1,2,3,4). The van der Waals surface area contributed by atoms with Crippen molar-refractivity contribution in [3.63, 3.8) is 0 Å². The molecule has 0 amide bonds. The summed E-state index contributed by atoms with van der Waals surface area (Å²) in [5.74, 6) is -4.84. The predicted octanol–water partition coefficient (Wildman–Crippen LogP) is -2.76. The van der Waals surface area contributed by atoms with Crippen LogP contribution in [0.1, 0.15) is 12.0 Å². The topological polar surface area (TPSA) is 252 Å². The summed E-state index contributed by atoms with van der Waals surface area (Å²) in [6.45, 7) is 0. The van der Waals surface area contributed by atoms with Crippen LogP contribution in [-0.4, -0.2) is 72.7 Å². The van der Waals surface area contributed by atoms with Gasteiger partial charge < -0.3 is 40.2 Å². The normalized spacial score (nSPS) is 19.8. The second kappa shape index (κ2) is 9.61. The van der Waals surface area contributed by atoms with Crippen molar-refractivity contribution >= 4 is 46.3 Å². The molecule has 0 aromatic heterocycles. The van der Waals surface area contributed by atoms with E-state index in [9.17, 15) is 34.8 Å². The molecule has 0 bridgehead atoms. The van der Waals surface area contributed by atoms with E-state index in [0.29, 0.717) is 11.1 Å². The number of allylic oxidation sites excluding steroid dienone is 2. The summed E-state index contributed by atoms with van der Waals surface area (Å²) in [6.07, 6.45) is 5.27. The number of carboxylic acid groups (broad SMARTS) is 3. The van der Waals surface area contributed by atoms with Crippen molar-refractivity contribution in [3.05, 3.63) is 46.8 Å². The van der Waals surface area contributed by atoms with Gasteiger partial charge in [-0.2, -0.15) is 4.58 Å². The number of rotatable bonds is 4. The quantitative estimate of drug-likeness (QED) is 0.110. The maximum atomic E-state index is 11.5. The van der Waals surface area contributed by atoms with Crippen molar-refractivity contribution in [1.82, 2.24) is 0 Å². The zero-order valence-electron chi connectivity index (χ0n) is 16.3. The average Bonchev–Trinajstić information content (AvgIpc) is 3.02. The molecule has 0 spiro atoms. The first-order valence-corrected chi connectivity index (χ1v) is 10.1. The SMILES string of the molecule is O=C(O)C1=C/C(=C/C=[N+]2C(C(=O)O)=Cc3cc(O)c(O)cc32)CC(C(=O)[O-])[NH2+]1.O=S(=O)([O-])O. The average molecular weight is 484 g/mol. The van der Waals surface area contributed by atoms with Gasteiger partial charge in [-0.3, -0.25) is 4.55 Å². The summed E-state index contributed by atoms with van der Waals surface area (Å²) in [5, 5.41) is 50.1. The first-order valence-electron chi connectivity index (χ1n) is 8.70. The summed E-state index contributed by atoms with van der Waals surface area (Å²) in [6, 6.07) is 1.26. The maximum Gasteiger partial charge on any atom is 0.401 e. The number of carbonyl (C=O) groups is 3. The number of quaternary nitrogens is 1. The number of nitrogens with two attached hydrogens (primary N) is 1. The highest BCUT2D eigenvalue weighted by molar-refractivity contribution is 7.79. The first kappa shape index (κ1) is 25.2. The number of hydrogen-bond donors (Lipinski definition) is 6.